The lowest BCUT2D eigenvalue weighted by Gasteiger charge is -2.51. The van der Waals surface area contributed by atoms with Crippen molar-refractivity contribution in [2.75, 3.05) is 0 Å². The maximum atomic E-state index is 13.0. The fourth-order valence-electron chi connectivity index (χ4n) is 2.75. The van der Waals surface area contributed by atoms with E-state index in [1.165, 1.54) is 12.1 Å². The summed E-state index contributed by atoms with van der Waals surface area (Å²) >= 11 is 0. The molecule has 1 aromatic carbocycles. The zero-order valence-electron chi connectivity index (χ0n) is 12.2. The van der Waals surface area contributed by atoms with Crippen molar-refractivity contribution in [1.29, 1.82) is 0 Å². The molecule has 3 heteroatoms. The Bertz CT molecular complexity index is 427. The van der Waals surface area contributed by atoms with Crippen LogP contribution in [0.3, 0.4) is 0 Å². The minimum Gasteiger partial charge on any atom is -0.392 e. The van der Waals surface area contributed by atoms with Crippen molar-refractivity contribution in [1.82, 2.24) is 5.32 Å². The van der Waals surface area contributed by atoms with Crippen LogP contribution in [0.2, 0.25) is 0 Å². The van der Waals surface area contributed by atoms with Crippen LogP contribution in [0.1, 0.15) is 45.7 Å². The minimum atomic E-state index is -0.231. The van der Waals surface area contributed by atoms with E-state index in [4.69, 9.17) is 0 Å². The number of rotatable bonds is 4. The van der Waals surface area contributed by atoms with E-state index in [0.717, 1.165) is 12.0 Å². The zero-order valence-corrected chi connectivity index (χ0v) is 12.2. The van der Waals surface area contributed by atoms with Crippen molar-refractivity contribution in [2.24, 2.45) is 11.3 Å². The second-order valence-corrected chi connectivity index (χ2v) is 6.57. The molecule has 1 fully saturated rings. The first-order valence-electron chi connectivity index (χ1n) is 7.02. The summed E-state index contributed by atoms with van der Waals surface area (Å²) in [4.78, 5) is 0. The SMILES string of the molecule is CC(C)C(NC1CC(O)C1(C)C)c1ccc(F)cc1. The molecule has 0 bridgehead atoms. The van der Waals surface area contributed by atoms with Gasteiger partial charge in [-0.25, -0.2) is 4.39 Å². The summed E-state index contributed by atoms with van der Waals surface area (Å²) in [5.74, 6) is 0.213. The highest BCUT2D eigenvalue weighted by atomic mass is 19.1. The maximum Gasteiger partial charge on any atom is 0.123 e. The number of aliphatic hydroxyl groups is 1. The van der Waals surface area contributed by atoms with Crippen molar-refractivity contribution in [3.8, 4) is 0 Å². The Morgan fingerprint density at radius 1 is 1.26 bits per heavy atom. The van der Waals surface area contributed by atoms with Gasteiger partial charge < -0.3 is 10.4 Å². The first-order chi connectivity index (χ1) is 8.82. The number of benzene rings is 1. The Labute approximate surface area is 115 Å². The molecule has 2 N–H and O–H groups in total. The fourth-order valence-corrected chi connectivity index (χ4v) is 2.75. The van der Waals surface area contributed by atoms with E-state index >= 15 is 0 Å². The standard InChI is InChI=1S/C16H24FNO/c1-10(2)15(11-5-7-12(17)8-6-11)18-13-9-14(19)16(13,3)4/h5-8,10,13-15,18-19H,9H2,1-4H3. The number of aliphatic hydroxyl groups excluding tert-OH is 1. The van der Waals surface area contributed by atoms with Gasteiger partial charge in [-0.2, -0.15) is 0 Å². The topological polar surface area (TPSA) is 32.3 Å². The quantitative estimate of drug-likeness (QED) is 0.875. The van der Waals surface area contributed by atoms with Crippen LogP contribution in [0.25, 0.3) is 0 Å². The molecule has 2 rings (SSSR count). The Morgan fingerprint density at radius 2 is 1.84 bits per heavy atom. The monoisotopic (exact) mass is 265 g/mol. The molecule has 1 aliphatic carbocycles. The third-order valence-corrected chi connectivity index (χ3v) is 4.49. The molecule has 3 unspecified atom stereocenters. The summed E-state index contributed by atoms with van der Waals surface area (Å²) in [5.41, 5.74) is 1.02. The largest absolute Gasteiger partial charge is 0.392 e. The highest BCUT2D eigenvalue weighted by Gasteiger charge is 2.47. The Hall–Kier alpha value is -0.930. The van der Waals surface area contributed by atoms with Gasteiger partial charge in [-0.1, -0.05) is 39.8 Å². The van der Waals surface area contributed by atoms with Crippen molar-refractivity contribution in [3.05, 3.63) is 35.6 Å². The lowest BCUT2D eigenvalue weighted by molar-refractivity contribution is -0.0777. The van der Waals surface area contributed by atoms with Gasteiger partial charge in [0.15, 0.2) is 0 Å². The number of halogens is 1. The fraction of sp³-hybridized carbons (Fsp3) is 0.625. The maximum absolute atomic E-state index is 13.0. The van der Waals surface area contributed by atoms with E-state index in [2.05, 4.69) is 33.0 Å². The van der Waals surface area contributed by atoms with Crippen molar-refractivity contribution < 1.29 is 9.50 Å². The Kier molecular flexibility index (Phi) is 3.98. The molecule has 0 saturated heterocycles. The highest BCUT2D eigenvalue weighted by molar-refractivity contribution is 5.21. The average Bonchev–Trinajstić information content (AvgIpc) is 2.35. The molecule has 1 saturated carbocycles. The summed E-state index contributed by atoms with van der Waals surface area (Å²) in [6.07, 6.45) is 0.559. The first kappa shape index (κ1) is 14.5. The van der Waals surface area contributed by atoms with Crippen LogP contribution in [0.4, 0.5) is 4.39 Å². The van der Waals surface area contributed by atoms with Crippen LogP contribution in [-0.4, -0.2) is 17.3 Å². The van der Waals surface area contributed by atoms with E-state index in [0.29, 0.717) is 12.0 Å². The molecule has 2 nitrogen and oxygen atoms in total. The summed E-state index contributed by atoms with van der Waals surface area (Å²) < 4.78 is 13.0. The van der Waals surface area contributed by atoms with Gasteiger partial charge in [0.05, 0.1) is 6.10 Å². The Morgan fingerprint density at radius 3 is 2.26 bits per heavy atom. The van der Waals surface area contributed by atoms with E-state index in [1.54, 1.807) is 0 Å². The third-order valence-electron chi connectivity index (χ3n) is 4.49. The predicted molar refractivity (Wildman–Crippen MR) is 75.3 cm³/mol. The zero-order chi connectivity index (χ0) is 14.2. The van der Waals surface area contributed by atoms with E-state index < -0.39 is 0 Å². The van der Waals surface area contributed by atoms with Crippen LogP contribution in [0, 0.1) is 17.2 Å². The van der Waals surface area contributed by atoms with Crippen molar-refractivity contribution in [2.45, 2.75) is 52.3 Å². The second kappa shape index (κ2) is 5.22. The van der Waals surface area contributed by atoms with Crippen molar-refractivity contribution >= 4 is 0 Å². The minimum absolute atomic E-state index is 0.0901. The molecule has 0 heterocycles. The molecular formula is C16H24FNO. The number of nitrogens with one attached hydrogen (secondary N) is 1. The summed E-state index contributed by atoms with van der Waals surface area (Å²) in [7, 11) is 0. The highest BCUT2D eigenvalue weighted by Crippen LogP contribution is 2.42. The molecule has 0 amide bonds. The van der Waals surface area contributed by atoms with Gasteiger partial charge in [0, 0.05) is 17.5 Å². The van der Waals surface area contributed by atoms with Crippen LogP contribution in [0.15, 0.2) is 24.3 Å². The number of hydrogen-bond donors (Lipinski definition) is 2. The lowest BCUT2D eigenvalue weighted by atomic mass is 9.64. The lowest BCUT2D eigenvalue weighted by Crippen LogP contribution is -2.60. The molecule has 1 aliphatic rings. The molecule has 0 aromatic heterocycles. The van der Waals surface area contributed by atoms with Gasteiger partial charge in [0.25, 0.3) is 0 Å². The van der Waals surface area contributed by atoms with Crippen LogP contribution in [0.5, 0.6) is 0 Å². The summed E-state index contributed by atoms with van der Waals surface area (Å²) in [6, 6.07) is 7.20. The third kappa shape index (κ3) is 2.82. The van der Waals surface area contributed by atoms with Gasteiger partial charge in [-0.3, -0.25) is 0 Å². The van der Waals surface area contributed by atoms with Crippen LogP contribution < -0.4 is 5.32 Å². The molecule has 19 heavy (non-hydrogen) atoms. The van der Waals surface area contributed by atoms with E-state index in [-0.39, 0.29) is 23.4 Å². The summed E-state index contributed by atoms with van der Waals surface area (Å²) in [5, 5.41) is 13.4. The summed E-state index contributed by atoms with van der Waals surface area (Å²) in [6.45, 7) is 8.48. The molecule has 0 spiro atoms. The van der Waals surface area contributed by atoms with Gasteiger partial charge in [0.1, 0.15) is 5.82 Å². The molecule has 3 atom stereocenters. The van der Waals surface area contributed by atoms with Crippen LogP contribution >= 0.6 is 0 Å². The molecule has 0 radical (unpaired) electrons. The molecule has 106 valence electrons. The smallest absolute Gasteiger partial charge is 0.123 e. The van der Waals surface area contributed by atoms with Gasteiger partial charge >= 0.3 is 0 Å². The Balaban J connectivity index is 2.12. The van der Waals surface area contributed by atoms with E-state index in [1.807, 2.05) is 12.1 Å². The van der Waals surface area contributed by atoms with Gasteiger partial charge in [0.2, 0.25) is 0 Å². The number of hydrogen-bond acceptors (Lipinski definition) is 2. The van der Waals surface area contributed by atoms with Gasteiger partial charge in [-0.15, -0.1) is 0 Å². The molecule has 1 aromatic rings. The predicted octanol–water partition coefficient (Wildman–Crippen LogP) is 3.27. The van der Waals surface area contributed by atoms with Gasteiger partial charge in [-0.05, 0) is 30.0 Å². The van der Waals surface area contributed by atoms with Crippen LogP contribution in [-0.2, 0) is 0 Å². The molecule has 0 aliphatic heterocycles. The average molecular weight is 265 g/mol. The molecular weight excluding hydrogens is 241 g/mol. The van der Waals surface area contributed by atoms with E-state index in [9.17, 15) is 9.50 Å². The second-order valence-electron chi connectivity index (χ2n) is 6.57. The normalized spacial score (nSPS) is 27.1. The van der Waals surface area contributed by atoms with Crippen molar-refractivity contribution in [3.63, 3.8) is 0 Å². The first-order valence-corrected chi connectivity index (χ1v) is 7.02.